The second-order valence-electron chi connectivity index (χ2n) is 1.64. The van der Waals surface area contributed by atoms with E-state index in [0.717, 1.165) is 0 Å². The third-order valence-electron chi connectivity index (χ3n) is 0.736. The first kappa shape index (κ1) is 13.1. The second kappa shape index (κ2) is 6.18. The van der Waals surface area contributed by atoms with E-state index in [1.807, 2.05) is 0 Å². The van der Waals surface area contributed by atoms with E-state index >= 15 is 0 Å². The van der Waals surface area contributed by atoms with Crippen LogP contribution < -0.4 is 57.1 Å². The summed E-state index contributed by atoms with van der Waals surface area (Å²) in [6.45, 7) is -4.46. The van der Waals surface area contributed by atoms with Gasteiger partial charge in [-0.2, -0.15) is 0 Å². The number of nitrogens with two attached hydrogens (primary N) is 1. The Morgan fingerprint density at radius 1 is 1.22 bits per heavy atom. The summed E-state index contributed by atoms with van der Waals surface area (Å²) in [5.74, 6) is 0. The summed E-state index contributed by atoms with van der Waals surface area (Å²) >= 11 is 0. The molecule has 2 N–H and O–H groups in total. The van der Waals surface area contributed by atoms with Crippen molar-refractivity contribution >= 4 is 6.98 Å². The molecule has 0 aliphatic carbocycles. The summed E-state index contributed by atoms with van der Waals surface area (Å²) in [5.41, 5.74) is 4.85. The van der Waals surface area contributed by atoms with Crippen LogP contribution in [-0.4, -0.2) is 13.5 Å². The van der Waals surface area contributed by atoms with Gasteiger partial charge in [-0.25, -0.2) is 0 Å². The zero-order chi connectivity index (χ0) is 6.62. The van der Waals surface area contributed by atoms with Gasteiger partial charge in [-0.1, -0.05) is 12.7 Å². The van der Waals surface area contributed by atoms with Crippen LogP contribution in [0.5, 0.6) is 0 Å². The van der Waals surface area contributed by atoms with Gasteiger partial charge in [-0.05, 0) is 6.54 Å². The van der Waals surface area contributed by atoms with Crippen molar-refractivity contribution in [2.45, 2.75) is 12.7 Å². The fourth-order valence-electron chi connectivity index (χ4n) is 0.349. The smallest absolute Gasteiger partial charge is 0.449 e. The first-order valence-electron chi connectivity index (χ1n) is 2.47. The number of halogens is 3. The van der Waals surface area contributed by atoms with Crippen LogP contribution >= 0.6 is 0 Å². The first-order chi connectivity index (χ1) is 3.56. The Morgan fingerprint density at radius 2 is 1.67 bits per heavy atom. The zero-order valence-electron chi connectivity index (χ0n) is 5.41. The molecule has 50 valence electrons. The van der Waals surface area contributed by atoms with Crippen molar-refractivity contribution in [1.29, 1.82) is 0 Å². The molecule has 0 saturated carbocycles. The third kappa shape index (κ3) is 12.6. The average molecular weight is 165 g/mol. The molecule has 0 spiro atoms. The molecule has 0 aromatic carbocycles. The fourth-order valence-corrected chi connectivity index (χ4v) is 0.349. The summed E-state index contributed by atoms with van der Waals surface area (Å²) in [5, 5.41) is 0. The molecule has 1 nitrogen and oxygen atoms in total. The summed E-state index contributed by atoms with van der Waals surface area (Å²) in [4.78, 5) is 0. The quantitative estimate of drug-likeness (QED) is 0.490. The maximum Gasteiger partial charge on any atom is 1.00 e. The minimum absolute atomic E-state index is 0. The van der Waals surface area contributed by atoms with E-state index in [-0.39, 0.29) is 64.4 Å². The van der Waals surface area contributed by atoms with Crippen molar-refractivity contribution in [3.8, 4) is 0 Å². The maximum absolute atomic E-state index is 11.2. The van der Waals surface area contributed by atoms with Gasteiger partial charge < -0.3 is 18.7 Å². The molecular weight excluding hydrogens is 157 g/mol. The van der Waals surface area contributed by atoms with Gasteiger partial charge in [0.25, 0.3) is 0 Å². The van der Waals surface area contributed by atoms with Gasteiger partial charge in [0, 0.05) is 0 Å². The maximum atomic E-state index is 11.2. The Bertz CT molecular complexity index is 66.6. The largest absolute Gasteiger partial charge is 1.00 e. The summed E-state index contributed by atoms with van der Waals surface area (Å²) < 4.78 is 33.7. The van der Waals surface area contributed by atoms with Crippen LogP contribution in [0.4, 0.5) is 12.9 Å². The third-order valence-corrected chi connectivity index (χ3v) is 0.736. The number of hydrogen-bond acceptors (Lipinski definition) is 1. The molecule has 0 saturated heterocycles. The molecule has 0 fully saturated rings. The Balaban J connectivity index is 0. The molecule has 0 heterocycles. The molecule has 0 aliphatic rings. The van der Waals surface area contributed by atoms with Gasteiger partial charge in [0.05, 0.1) is 0 Å². The van der Waals surface area contributed by atoms with Crippen molar-refractivity contribution < 1.29 is 64.3 Å². The number of rotatable bonds is 3. The van der Waals surface area contributed by atoms with Crippen molar-refractivity contribution in [2.75, 3.05) is 6.54 Å². The normalized spacial score (nSPS) is 10.7. The van der Waals surface area contributed by atoms with Gasteiger partial charge in [0.15, 0.2) is 0 Å². The molecule has 0 radical (unpaired) electrons. The molecule has 0 aliphatic heterocycles. The van der Waals surface area contributed by atoms with Gasteiger partial charge in [-0.15, -0.1) is 0 Å². The van der Waals surface area contributed by atoms with Crippen LogP contribution in [0.25, 0.3) is 0 Å². The Morgan fingerprint density at radius 3 is 1.78 bits per heavy atom. The van der Waals surface area contributed by atoms with Crippen LogP contribution in [0.3, 0.4) is 0 Å². The van der Waals surface area contributed by atoms with Crippen molar-refractivity contribution in [1.82, 2.24) is 0 Å². The van der Waals surface area contributed by atoms with E-state index in [1.165, 1.54) is 0 Å². The summed E-state index contributed by atoms with van der Waals surface area (Å²) in [6, 6.07) is 0. The molecule has 0 aromatic heterocycles. The minimum atomic E-state index is -4.58. The topological polar surface area (TPSA) is 26.0 Å². The average Bonchev–Trinajstić information content (AvgIpc) is 1.59. The van der Waals surface area contributed by atoms with Gasteiger partial charge in [0.2, 0.25) is 0 Å². The van der Waals surface area contributed by atoms with E-state index < -0.39 is 13.3 Å². The molecule has 0 amide bonds. The first-order valence-corrected chi connectivity index (χ1v) is 2.47. The fraction of sp³-hybridized carbons (Fsp3) is 1.00. The molecule has 6 heteroatoms. The number of hydrogen-bond donors (Lipinski definition) is 1. The molecular formula is C3H8BF3KN. The Hall–Kier alpha value is 1.45. The van der Waals surface area contributed by atoms with E-state index in [1.54, 1.807) is 0 Å². The van der Waals surface area contributed by atoms with Crippen LogP contribution in [-0.2, 0) is 0 Å². The van der Waals surface area contributed by atoms with E-state index in [4.69, 9.17) is 5.73 Å². The van der Waals surface area contributed by atoms with Gasteiger partial charge >= 0.3 is 58.4 Å². The zero-order valence-corrected chi connectivity index (χ0v) is 8.53. The van der Waals surface area contributed by atoms with Crippen LogP contribution in [0.15, 0.2) is 0 Å². The Labute approximate surface area is 95.0 Å². The van der Waals surface area contributed by atoms with Crippen molar-refractivity contribution in [3.63, 3.8) is 0 Å². The van der Waals surface area contributed by atoms with Gasteiger partial charge in [0.1, 0.15) is 0 Å². The molecule has 0 bridgehead atoms. The van der Waals surface area contributed by atoms with Crippen LogP contribution in [0, 0.1) is 0 Å². The minimum Gasteiger partial charge on any atom is -0.449 e. The van der Waals surface area contributed by atoms with Crippen LogP contribution in [0.2, 0.25) is 6.32 Å². The second-order valence-corrected chi connectivity index (χ2v) is 1.64. The predicted octanol–water partition coefficient (Wildman–Crippen LogP) is -1.81. The van der Waals surface area contributed by atoms with E-state index in [2.05, 4.69) is 0 Å². The summed E-state index contributed by atoms with van der Waals surface area (Å²) in [7, 11) is 0. The van der Waals surface area contributed by atoms with E-state index in [0.29, 0.717) is 0 Å². The van der Waals surface area contributed by atoms with Crippen molar-refractivity contribution in [2.24, 2.45) is 5.73 Å². The molecule has 0 unspecified atom stereocenters. The molecule has 0 atom stereocenters. The molecule has 0 rings (SSSR count). The SMILES string of the molecule is NCCC[B-](F)(F)F.[K+]. The Kier molecular flexibility index (Phi) is 8.98. The standard InChI is InChI=1S/C3H8BF3N.K/c5-4(6,7)2-1-3-8;/h1-3,8H2;/q-1;+1. The molecule has 0 aromatic rings. The van der Waals surface area contributed by atoms with Gasteiger partial charge in [-0.3, -0.25) is 0 Å². The van der Waals surface area contributed by atoms with Crippen LogP contribution in [0.1, 0.15) is 6.42 Å². The van der Waals surface area contributed by atoms with Crippen molar-refractivity contribution in [3.05, 3.63) is 0 Å². The summed E-state index contributed by atoms with van der Waals surface area (Å²) in [6.07, 6.45) is -0.639. The van der Waals surface area contributed by atoms with E-state index in [9.17, 15) is 12.9 Å². The molecule has 9 heavy (non-hydrogen) atoms. The predicted molar refractivity (Wildman–Crippen MR) is 27.6 cm³/mol. The monoisotopic (exact) mass is 165 g/mol.